The Labute approximate surface area is 271 Å². The maximum absolute atomic E-state index is 15.1. The van der Waals surface area contributed by atoms with Crippen molar-refractivity contribution in [3.63, 3.8) is 0 Å². The minimum atomic E-state index is -5.77. The van der Waals surface area contributed by atoms with Crippen molar-refractivity contribution in [3.05, 3.63) is 59.2 Å². The summed E-state index contributed by atoms with van der Waals surface area (Å²) >= 11 is 1.00. The summed E-state index contributed by atoms with van der Waals surface area (Å²) in [5.74, 6) is -0.774. The average molecular weight is 692 g/mol. The predicted octanol–water partition coefficient (Wildman–Crippen LogP) is 3.75. The summed E-state index contributed by atoms with van der Waals surface area (Å²) in [7, 11) is -5.77. The largest absolute Gasteiger partial charge is 0.399 e. The third kappa shape index (κ3) is 6.03. The first-order chi connectivity index (χ1) is 22.3. The fourth-order valence-electron chi connectivity index (χ4n) is 7.32. The van der Waals surface area contributed by atoms with Crippen molar-refractivity contribution in [1.82, 2.24) is 20.5 Å². The summed E-state index contributed by atoms with van der Waals surface area (Å²) in [4.78, 5) is 66.9. The van der Waals surface area contributed by atoms with Gasteiger partial charge in [0.2, 0.25) is 11.8 Å². The number of pyridine rings is 1. The molecule has 1 aliphatic carbocycles. The molecule has 3 saturated heterocycles. The standard InChI is InChI=1S/C31H33F3N5O6PS/c32-22-14-38(21-2-1-7-35-13-21)15-24(22)37-28(40)25-5-4-20-10-16-8-17(16)11-23(30(42)39(20)25)36-29(41)27-12-18-9-19(3-6-26(18)47-27)31(33,34)46(43,44)45/h1-3,6-7,9,12-13,16-17,20,22-25H,4-5,8,10-11,14-15H2,(H,36,41)(H,37,40)(H2,43,44,45)/t16-,17+,20+,22-,23-,24-,25-/m0/s1. The van der Waals surface area contributed by atoms with Gasteiger partial charge >= 0.3 is 13.3 Å². The highest BCUT2D eigenvalue weighted by molar-refractivity contribution is 7.52. The summed E-state index contributed by atoms with van der Waals surface area (Å²) in [6.45, 7) is 0.369. The van der Waals surface area contributed by atoms with Crippen LogP contribution < -0.4 is 15.5 Å². The first kappa shape index (κ1) is 32.0. The second-order valence-corrected chi connectivity index (χ2v) is 15.7. The molecule has 7 rings (SSSR count). The van der Waals surface area contributed by atoms with Gasteiger partial charge in [0.05, 0.1) is 29.3 Å². The van der Waals surface area contributed by atoms with Gasteiger partial charge in [0.15, 0.2) is 0 Å². The number of amides is 3. The molecule has 7 atom stereocenters. The van der Waals surface area contributed by atoms with E-state index in [1.165, 1.54) is 12.1 Å². The Hall–Kier alpha value is -3.52. The summed E-state index contributed by atoms with van der Waals surface area (Å²) < 4.78 is 55.5. The fraction of sp³-hybridized carbons (Fsp3) is 0.484. The van der Waals surface area contributed by atoms with Crippen molar-refractivity contribution >= 4 is 52.4 Å². The Kier molecular flexibility index (Phi) is 8.09. The minimum absolute atomic E-state index is 0.106. The predicted molar refractivity (Wildman–Crippen MR) is 167 cm³/mol. The fourth-order valence-corrected chi connectivity index (χ4v) is 8.74. The van der Waals surface area contributed by atoms with Gasteiger partial charge in [-0.25, -0.2) is 4.39 Å². The van der Waals surface area contributed by atoms with Crippen molar-refractivity contribution in [2.24, 2.45) is 11.8 Å². The van der Waals surface area contributed by atoms with E-state index in [2.05, 4.69) is 15.6 Å². The number of benzene rings is 1. The van der Waals surface area contributed by atoms with Crippen LogP contribution in [0, 0.1) is 11.8 Å². The van der Waals surface area contributed by atoms with Crippen LogP contribution in [0.15, 0.2) is 48.8 Å². The van der Waals surface area contributed by atoms with Crippen molar-refractivity contribution < 1.29 is 41.9 Å². The molecule has 5 heterocycles. The number of fused-ring (bicyclic) bond motifs is 3. The third-order valence-electron chi connectivity index (χ3n) is 9.89. The number of anilines is 1. The molecule has 0 radical (unpaired) electrons. The molecule has 0 unspecified atom stereocenters. The third-order valence-corrected chi connectivity index (χ3v) is 12.0. The molecule has 3 amide bonds. The van der Waals surface area contributed by atoms with Gasteiger partial charge < -0.3 is 30.2 Å². The molecule has 4 fully saturated rings. The van der Waals surface area contributed by atoms with Crippen molar-refractivity contribution in [3.8, 4) is 0 Å². The molecule has 0 bridgehead atoms. The number of halogens is 3. The number of carbonyl (C=O) groups excluding carboxylic acids is 3. The van der Waals surface area contributed by atoms with Crippen molar-refractivity contribution in [1.29, 1.82) is 0 Å². The minimum Gasteiger partial charge on any atom is -0.365 e. The van der Waals surface area contributed by atoms with Crippen LogP contribution in [0.3, 0.4) is 0 Å². The Morgan fingerprint density at radius 1 is 1.04 bits per heavy atom. The molecule has 4 aliphatic rings. The first-order valence-corrected chi connectivity index (χ1v) is 17.9. The van der Waals surface area contributed by atoms with Gasteiger partial charge in [-0.2, -0.15) is 8.78 Å². The van der Waals surface area contributed by atoms with Crippen molar-refractivity contribution in [2.45, 2.75) is 68.1 Å². The number of alkyl halides is 3. The van der Waals surface area contributed by atoms with Crippen LogP contribution in [0.4, 0.5) is 18.9 Å². The SMILES string of the molecule is O=C(N[C@H]1C[C@H]2C[C@H]2C[C@H]2CC[C@@H](C(=O)N[C@H]3CN(c4cccnc4)C[C@@H]3F)N2C1=O)c1cc2cc(C(F)(F)P(=O)(O)O)ccc2s1. The molecule has 16 heteroatoms. The van der Waals surface area contributed by atoms with Gasteiger partial charge in [0, 0.05) is 29.0 Å². The molecular weight excluding hydrogens is 658 g/mol. The average Bonchev–Trinajstić information content (AvgIpc) is 3.34. The zero-order valence-corrected chi connectivity index (χ0v) is 26.7. The number of hydrogen-bond donors (Lipinski definition) is 4. The second-order valence-electron chi connectivity index (χ2n) is 12.9. The van der Waals surface area contributed by atoms with Gasteiger partial charge in [-0.3, -0.25) is 23.9 Å². The Morgan fingerprint density at radius 2 is 1.83 bits per heavy atom. The normalized spacial score (nSPS) is 29.2. The smallest absolute Gasteiger partial charge is 0.365 e. The van der Waals surface area contributed by atoms with Gasteiger partial charge in [-0.05, 0) is 79.7 Å². The number of carbonyl (C=O) groups is 3. The molecule has 4 N–H and O–H groups in total. The molecular formula is C31H33F3N5O6PS. The van der Waals surface area contributed by atoms with E-state index in [0.717, 1.165) is 42.0 Å². The highest BCUT2D eigenvalue weighted by atomic mass is 32.1. The van der Waals surface area contributed by atoms with Crippen LogP contribution >= 0.6 is 18.9 Å². The van der Waals surface area contributed by atoms with Gasteiger partial charge in [0.1, 0.15) is 18.3 Å². The molecule has 11 nitrogen and oxygen atoms in total. The quantitative estimate of drug-likeness (QED) is 0.274. The lowest BCUT2D eigenvalue weighted by Crippen LogP contribution is -2.58. The second kappa shape index (κ2) is 11.9. The number of rotatable bonds is 7. The summed E-state index contributed by atoms with van der Waals surface area (Å²) in [5.41, 5.74) is -4.51. The lowest BCUT2D eigenvalue weighted by molar-refractivity contribution is -0.143. The highest BCUT2D eigenvalue weighted by Crippen LogP contribution is 2.59. The monoisotopic (exact) mass is 691 g/mol. The summed E-state index contributed by atoms with van der Waals surface area (Å²) in [6, 6.07) is 5.39. The molecule has 47 heavy (non-hydrogen) atoms. The van der Waals surface area contributed by atoms with E-state index in [1.54, 1.807) is 23.4 Å². The summed E-state index contributed by atoms with van der Waals surface area (Å²) in [6.07, 6.45) is 5.08. The Balaban J connectivity index is 1.07. The van der Waals surface area contributed by atoms with E-state index in [9.17, 15) is 27.7 Å². The van der Waals surface area contributed by atoms with Crippen LogP contribution in [0.5, 0.6) is 0 Å². The number of nitrogens with zero attached hydrogens (tertiary/aromatic N) is 3. The molecule has 3 aliphatic heterocycles. The lowest BCUT2D eigenvalue weighted by atomic mass is 9.99. The van der Waals surface area contributed by atoms with E-state index < -0.39 is 54.9 Å². The van der Waals surface area contributed by atoms with E-state index >= 15 is 4.39 Å². The lowest BCUT2D eigenvalue weighted by Gasteiger charge is -2.35. The molecule has 2 aromatic heterocycles. The van der Waals surface area contributed by atoms with Crippen LogP contribution in [0.25, 0.3) is 10.1 Å². The maximum Gasteiger partial charge on any atom is 0.399 e. The summed E-state index contributed by atoms with van der Waals surface area (Å²) in [5, 5.41) is 5.87. The number of aromatic nitrogens is 1. The molecule has 0 spiro atoms. The van der Waals surface area contributed by atoms with Crippen LogP contribution in [0.1, 0.15) is 47.3 Å². The van der Waals surface area contributed by atoms with Gasteiger partial charge in [-0.1, -0.05) is 6.07 Å². The first-order valence-electron chi connectivity index (χ1n) is 15.5. The highest BCUT2D eigenvalue weighted by Gasteiger charge is 2.52. The Morgan fingerprint density at radius 3 is 2.57 bits per heavy atom. The molecule has 250 valence electrons. The molecule has 3 aromatic rings. The Bertz CT molecular complexity index is 1770. The van der Waals surface area contributed by atoms with Crippen LogP contribution in [-0.2, 0) is 19.8 Å². The zero-order valence-electron chi connectivity index (χ0n) is 25.0. The van der Waals surface area contributed by atoms with Crippen molar-refractivity contribution in [2.75, 3.05) is 18.0 Å². The maximum atomic E-state index is 15.1. The van der Waals surface area contributed by atoms with E-state index in [0.29, 0.717) is 29.9 Å². The van der Waals surface area contributed by atoms with E-state index in [4.69, 9.17) is 9.79 Å². The molecule has 1 saturated carbocycles. The number of hydrogen-bond acceptors (Lipinski definition) is 7. The van der Waals surface area contributed by atoms with E-state index in [-0.39, 0.29) is 41.2 Å². The zero-order chi connectivity index (χ0) is 33.2. The number of thiophene rings is 1. The topological polar surface area (TPSA) is 152 Å². The van der Waals surface area contributed by atoms with Gasteiger partial charge in [-0.15, -0.1) is 11.3 Å². The molecule has 1 aromatic carbocycles. The van der Waals surface area contributed by atoms with E-state index in [1.807, 2.05) is 11.0 Å². The van der Waals surface area contributed by atoms with Crippen LogP contribution in [0.2, 0.25) is 0 Å². The van der Waals surface area contributed by atoms with Gasteiger partial charge in [0.25, 0.3) is 5.91 Å². The number of nitrogens with one attached hydrogen (secondary N) is 2. The van der Waals surface area contributed by atoms with Crippen LogP contribution in [-0.4, -0.2) is 80.8 Å².